The van der Waals surface area contributed by atoms with Crippen molar-refractivity contribution in [1.82, 2.24) is 4.72 Å². The fourth-order valence-electron chi connectivity index (χ4n) is 1.92. The van der Waals surface area contributed by atoms with Gasteiger partial charge in [0.05, 0.1) is 4.90 Å². The molecule has 0 atom stereocenters. The van der Waals surface area contributed by atoms with Crippen LogP contribution >= 0.6 is 0 Å². The lowest BCUT2D eigenvalue weighted by Gasteiger charge is -2.10. The van der Waals surface area contributed by atoms with Crippen LogP contribution in [0.5, 0.6) is 5.75 Å². The number of aryl methyl sites for hydroxylation is 1. The van der Waals surface area contributed by atoms with Gasteiger partial charge in [0.25, 0.3) is 15.9 Å². The molecule has 0 aliphatic rings. The first-order chi connectivity index (χ1) is 10.5. The van der Waals surface area contributed by atoms with Gasteiger partial charge in [-0.15, -0.1) is 0 Å². The second-order valence-corrected chi connectivity index (χ2v) is 6.27. The molecule has 22 heavy (non-hydrogen) atoms. The molecule has 0 saturated heterocycles. The highest BCUT2D eigenvalue weighted by Crippen LogP contribution is 2.18. The first-order valence-electron chi connectivity index (χ1n) is 6.84. The third kappa shape index (κ3) is 4.08. The maximum absolute atomic E-state index is 12.0. The van der Waals surface area contributed by atoms with E-state index in [1.54, 1.807) is 30.3 Å². The maximum atomic E-state index is 12.0. The summed E-state index contributed by atoms with van der Waals surface area (Å²) in [7, 11) is -3.86. The molecule has 0 radical (unpaired) electrons. The molecule has 0 spiro atoms. The number of benzene rings is 2. The summed E-state index contributed by atoms with van der Waals surface area (Å²) in [5.41, 5.74) is 0.959. The van der Waals surface area contributed by atoms with Crippen LogP contribution in [0.4, 0.5) is 0 Å². The molecule has 0 heterocycles. The van der Waals surface area contributed by atoms with Gasteiger partial charge < -0.3 is 4.74 Å². The summed E-state index contributed by atoms with van der Waals surface area (Å²) < 4.78 is 31.4. The zero-order valence-corrected chi connectivity index (χ0v) is 13.0. The third-order valence-electron chi connectivity index (χ3n) is 3.01. The van der Waals surface area contributed by atoms with E-state index in [-0.39, 0.29) is 11.5 Å². The molecule has 0 saturated carbocycles. The summed E-state index contributed by atoms with van der Waals surface area (Å²) >= 11 is 0. The van der Waals surface area contributed by atoms with Crippen LogP contribution < -0.4 is 9.46 Å². The Morgan fingerprint density at radius 3 is 2.36 bits per heavy atom. The molecule has 2 aromatic rings. The molecule has 1 N–H and O–H groups in total. The zero-order valence-electron chi connectivity index (χ0n) is 12.2. The van der Waals surface area contributed by atoms with Crippen molar-refractivity contribution in [2.24, 2.45) is 0 Å². The summed E-state index contributed by atoms with van der Waals surface area (Å²) in [6.45, 7) is 1.62. The van der Waals surface area contributed by atoms with Gasteiger partial charge in [0.15, 0.2) is 6.61 Å². The van der Waals surface area contributed by atoms with Gasteiger partial charge in [-0.25, -0.2) is 13.1 Å². The van der Waals surface area contributed by atoms with E-state index in [1.807, 2.05) is 23.8 Å². The first-order valence-corrected chi connectivity index (χ1v) is 8.32. The molecule has 2 aromatic carbocycles. The van der Waals surface area contributed by atoms with Crippen molar-refractivity contribution in [2.75, 3.05) is 6.61 Å². The number of carbonyl (C=O) groups excluding carboxylic acids is 1. The van der Waals surface area contributed by atoms with E-state index in [2.05, 4.69) is 0 Å². The van der Waals surface area contributed by atoms with E-state index >= 15 is 0 Å². The van der Waals surface area contributed by atoms with E-state index in [1.165, 1.54) is 12.1 Å². The van der Waals surface area contributed by atoms with Crippen molar-refractivity contribution < 1.29 is 17.9 Å². The average molecular weight is 319 g/mol. The fourth-order valence-corrected chi connectivity index (χ4v) is 2.91. The fraction of sp³-hybridized carbons (Fsp3) is 0.188. The number of rotatable bonds is 6. The zero-order chi connectivity index (χ0) is 16.0. The van der Waals surface area contributed by atoms with Gasteiger partial charge >= 0.3 is 0 Å². The minimum Gasteiger partial charge on any atom is -0.483 e. The number of sulfonamides is 1. The van der Waals surface area contributed by atoms with Crippen molar-refractivity contribution in [3.8, 4) is 5.75 Å². The number of hydrogen-bond acceptors (Lipinski definition) is 4. The second kappa shape index (κ2) is 7.09. The molecule has 1 amide bonds. The Labute approximate surface area is 130 Å². The number of hydrogen-bond donors (Lipinski definition) is 1. The van der Waals surface area contributed by atoms with Crippen LogP contribution in [0.3, 0.4) is 0 Å². The summed E-state index contributed by atoms with van der Waals surface area (Å²) in [5.74, 6) is -0.132. The SMILES string of the molecule is CCc1ccccc1OCC(=O)NS(=O)(=O)c1ccccc1. The van der Waals surface area contributed by atoms with Crippen molar-refractivity contribution >= 4 is 15.9 Å². The van der Waals surface area contributed by atoms with E-state index in [4.69, 9.17) is 4.74 Å². The smallest absolute Gasteiger partial charge is 0.271 e. The van der Waals surface area contributed by atoms with Crippen LogP contribution in [0.15, 0.2) is 59.5 Å². The van der Waals surface area contributed by atoms with Crippen LogP contribution in [0, 0.1) is 0 Å². The standard InChI is InChI=1S/C16H17NO4S/c1-2-13-8-6-7-11-15(13)21-12-16(18)17-22(19,20)14-9-4-3-5-10-14/h3-11H,2,12H2,1H3,(H,17,18). The topological polar surface area (TPSA) is 72.5 Å². The third-order valence-corrected chi connectivity index (χ3v) is 4.40. The largest absolute Gasteiger partial charge is 0.483 e. The van der Waals surface area contributed by atoms with Crippen LogP contribution in [0.2, 0.25) is 0 Å². The Morgan fingerprint density at radius 1 is 1.05 bits per heavy atom. The van der Waals surface area contributed by atoms with E-state index in [0.717, 1.165) is 12.0 Å². The summed E-state index contributed by atoms with van der Waals surface area (Å²) in [4.78, 5) is 11.8. The molecular formula is C16H17NO4S. The molecule has 0 aliphatic heterocycles. The first kappa shape index (κ1) is 16.0. The number of nitrogens with one attached hydrogen (secondary N) is 1. The maximum Gasteiger partial charge on any atom is 0.271 e. The van der Waals surface area contributed by atoms with Crippen molar-refractivity contribution in [2.45, 2.75) is 18.2 Å². The number of ether oxygens (including phenoxy) is 1. The Balaban J connectivity index is 1.99. The van der Waals surface area contributed by atoms with Gasteiger partial charge in [-0.2, -0.15) is 0 Å². The van der Waals surface area contributed by atoms with Crippen molar-refractivity contribution in [3.05, 3.63) is 60.2 Å². The highest BCUT2D eigenvalue weighted by Gasteiger charge is 2.17. The lowest BCUT2D eigenvalue weighted by molar-refractivity contribution is -0.121. The van der Waals surface area contributed by atoms with Gasteiger partial charge in [-0.05, 0) is 30.2 Å². The van der Waals surface area contributed by atoms with Gasteiger partial charge in [0.2, 0.25) is 0 Å². The second-order valence-electron chi connectivity index (χ2n) is 4.59. The highest BCUT2D eigenvalue weighted by atomic mass is 32.2. The number of amides is 1. The van der Waals surface area contributed by atoms with E-state index < -0.39 is 15.9 Å². The van der Waals surface area contributed by atoms with Gasteiger partial charge in [-0.1, -0.05) is 43.3 Å². The van der Waals surface area contributed by atoms with Crippen LogP contribution in [-0.2, 0) is 21.2 Å². The monoisotopic (exact) mass is 319 g/mol. The molecular weight excluding hydrogens is 302 g/mol. The minimum absolute atomic E-state index is 0.0392. The summed E-state index contributed by atoms with van der Waals surface area (Å²) in [6, 6.07) is 15.0. The van der Waals surface area contributed by atoms with Gasteiger partial charge in [-0.3, -0.25) is 4.79 Å². The predicted molar refractivity (Wildman–Crippen MR) is 83.1 cm³/mol. The van der Waals surface area contributed by atoms with Crippen molar-refractivity contribution in [1.29, 1.82) is 0 Å². The Hall–Kier alpha value is -2.34. The summed E-state index contributed by atoms with van der Waals surface area (Å²) in [5, 5.41) is 0. The van der Waals surface area contributed by atoms with Crippen LogP contribution in [-0.4, -0.2) is 20.9 Å². The Bertz CT molecular complexity index is 742. The van der Waals surface area contributed by atoms with Crippen molar-refractivity contribution in [3.63, 3.8) is 0 Å². The average Bonchev–Trinajstić information content (AvgIpc) is 2.53. The van der Waals surface area contributed by atoms with E-state index in [9.17, 15) is 13.2 Å². The van der Waals surface area contributed by atoms with Gasteiger partial charge in [0.1, 0.15) is 5.75 Å². The molecule has 0 bridgehead atoms. The van der Waals surface area contributed by atoms with E-state index in [0.29, 0.717) is 5.75 Å². The molecule has 0 unspecified atom stereocenters. The van der Waals surface area contributed by atoms with Gasteiger partial charge in [0, 0.05) is 0 Å². The number of para-hydroxylation sites is 1. The van der Waals surface area contributed by atoms with Crippen LogP contribution in [0.25, 0.3) is 0 Å². The lowest BCUT2D eigenvalue weighted by atomic mass is 10.1. The predicted octanol–water partition coefficient (Wildman–Crippen LogP) is 2.13. The van der Waals surface area contributed by atoms with Crippen LogP contribution in [0.1, 0.15) is 12.5 Å². The molecule has 0 fully saturated rings. The minimum atomic E-state index is -3.86. The highest BCUT2D eigenvalue weighted by molar-refractivity contribution is 7.90. The number of carbonyl (C=O) groups is 1. The quantitative estimate of drug-likeness (QED) is 0.885. The molecule has 0 aromatic heterocycles. The lowest BCUT2D eigenvalue weighted by Crippen LogP contribution is -2.34. The molecule has 0 aliphatic carbocycles. The molecule has 2 rings (SSSR count). The summed E-state index contributed by atoms with van der Waals surface area (Å²) in [6.07, 6.45) is 0.764. The normalized spacial score (nSPS) is 11.0. The Morgan fingerprint density at radius 2 is 1.68 bits per heavy atom. The molecule has 6 heteroatoms. The molecule has 5 nitrogen and oxygen atoms in total. The molecule has 116 valence electrons. The Kier molecular flexibility index (Phi) is 5.16.